The molecule has 118 valence electrons. The van der Waals surface area contributed by atoms with Gasteiger partial charge >= 0.3 is 0 Å². The molecule has 22 heavy (non-hydrogen) atoms. The molecule has 8 nitrogen and oxygen atoms in total. The number of ether oxygens (including phenoxy) is 1. The third-order valence-electron chi connectivity index (χ3n) is 3.99. The van der Waals surface area contributed by atoms with Crippen molar-refractivity contribution >= 4 is 11.8 Å². The maximum absolute atomic E-state index is 12.4. The zero-order chi connectivity index (χ0) is 16.0. The fourth-order valence-corrected chi connectivity index (χ4v) is 2.84. The predicted octanol–water partition coefficient (Wildman–Crippen LogP) is -1.92. The summed E-state index contributed by atoms with van der Waals surface area (Å²) in [6.45, 7) is -0.621. The smallest absolute Gasteiger partial charge is 0.262 e. The minimum Gasteiger partial charge on any atom is -0.394 e. The Morgan fingerprint density at radius 1 is 1.00 bits per heavy atom. The Bertz CT molecular complexity index is 584. The van der Waals surface area contributed by atoms with Gasteiger partial charge in [-0.25, -0.2) is 0 Å². The summed E-state index contributed by atoms with van der Waals surface area (Å²) in [4.78, 5) is 25.4. The molecule has 0 spiro atoms. The van der Waals surface area contributed by atoms with E-state index in [9.17, 15) is 24.9 Å². The first-order valence-electron chi connectivity index (χ1n) is 6.74. The van der Waals surface area contributed by atoms with Crippen molar-refractivity contribution in [1.82, 2.24) is 4.90 Å². The van der Waals surface area contributed by atoms with Crippen LogP contribution in [0.2, 0.25) is 0 Å². The van der Waals surface area contributed by atoms with Crippen LogP contribution < -0.4 is 0 Å². The molecule has 4 N–H and O–H groups in total. The van der Waals surface area contributed by atoms with Crippen molar-refractivity contribution in [2.24, 2.45) is 0 Å². The fourth-order valence-electron chi connectivity index (χ4n) is 2.84. The molecule has 2 amide bonds. The second kappa shape index (κ2) is 5.41. The van der Waals surface area contributed by atoms with Gasteiger partial charge in [-0.1, -0.05) is 12.1 Å². The fraction of sp³-hybridized carbons (Fsp3) is 0.429. The highest BCUT2D eigenvalue weighted by atomic mass is 16.6. The minimum atomic E-state index is -1.71. The van der Waals surface area contributed by atoms with Crippen molar-refractivity contribution in [3.05, 3.63) is 35.4 Å². The lowest BCUT2D eigenvalue weighted by Crippen LogP contribution is -2.65. The second-order valence-corrected chi connectivity index (χ2v) is 5.25. The highest BCUT2D eigenvalue weighted by Crippen LogP contribution is 2.31. The maximum atomic E-state index is 12.4. The largest absolute Gasteiger partial charge is 0.394 e. The molecule has 2 aliphatic rings. The van der Waals surface area contributed by atoms with Crippen LogP contribution in [0.3, 0.4) is 0 Å². The summed E-state index contributed by atoms with van der Waals surface area (Å²) in [6, 6.07) is 4.66. The van der Waals surface area contributed by atoms with Crippen molar-refractivity contribution in [2.45, 2.75) is 30.6 Å². The van der Waals surface area contributed by atoms with E-state index in [-0.39, 0.29) is 11.1 Å². The van der Waals surface area contributed by atoms with Gasteiger partial charge in [0.25, 0.3) is 11.8 Å². The molecule has 0 unspecified atom stereocenters. The van der Waals surface area contributed by atoms with E-state index in [0.717, 1.165) is 0 Å². The summed E-state index contributed by atoms with van der Waals surface area (Å²) >= 11 is 0. The Hall–Kier alpha value is -1.84. The number of aliphatic hydroxyl groups excluding tert-OH is 4. The zero-order valence-corrected chi connectivity index (χ0v) is 11.4. The van der Waals surface area contributed by atoms with Gasteiger partial charge in [0.05, 0.1) is 17.7 Å². The molecule has 1 aromatic rings. The van der Waals surface area contributed by atoms with Crippen molar-refractivity contribution in [3.63, 3.8) is 0 Å². The van der Waals surface area contributed by atoms with Crippen LogP contribution in [0, 0.1) is 0 Å². The summed E-state index contributed by atoms with van der Waals surface area (Å²) in [5.41, 5.74) is 0.316. The van der Waals surface area contributed by atoms with E-state index in [1.807, 2.05) is 0 Å². The normalized spacial score (nSPS) is 34.9. The highest BCUT2D eigenvalue weighted by molar-refractivity contribution is 6.21. The Balaban J connectivity index is 1.95. The van der Waals surface area contributed by atoms with Gasteiger partial charge in [-0.3, -0.25) is 14.5 Å². The van der Waals surface area contributed by atoms with Gasteiger partial charge in [-0.2, -0.15) is 0 Å². The molecule has 1 aromatic carbocycles. The van der Waals surface area contributed by atoms with E-state index in [0.29, 0.717) is 4.90 Å². The number of carbonyl (C=O) groups excluding carboxylic acids is 2. The lowest BCUT2D eigenvalue weighted by atomic mass is 9.96. The molecule has 0 aliphatic carbocycles. The van der Waals surface area contributed by atoms with Crippen molar-refractivity contribution in [1.29, 1.82) is 0 Å². The van der Waals surface area contributed by atoms with Crippen LogP contribution in [0.5, 0.6) is 0 Å². The molecule has 0 saturated carbocycles. The highest BCUT2D eigenvalue weighted by Gasteiger charge is 2.52. The third-order valence-corrected chi connectivity index (χ3v) is 3.99. The number of benzene rings is 1. The number of fused-ring (bicyclic) bond motifs is 1. The Kier molecular flexibility index (Phi) is 3.71. The SMILES string of the molecule is O=C1c2ccccc2C(=O)N1[C@H]1[C@@H](O)[C@H](O)[C@@H](CO)O[C@@H]1O. The quantitative estimate of drug-likeness (QED) is 0.469. The Morgan fingerprint density at radius 2 is 1.55 bits per heavy atom. The van der Waals surface area contributed by atoms with Crippen molar-refractivity contribution in [3.8, 4) is 0 Å². The Labute approximate surface area is 125 Å². The predicted molar refractivity (Wildman–Crippen MR) is 70.7 cm³/mol. The molecule has 0 aromatic heterocycles. The van der Waals surface area contributed by atoms with Crippen molar-refractivity contribution < 1.29 is 34.8 Å². The maximum Gasteiger partial charge on any atom is 0.262 e. The second-order valence-electron chi connectivity index (χ2n) is 5.25. The number of rotatable bonds is 2. The first-order valence-corrected chi connectivity index (χ1v) is 6.74. The lowest BCUT2D eigenvalue weighted by molar-refractivity contribution is -0.263. The average Bonchev–Trinajstić information content (AvgIpc) is 2.77. The van der Waals surface area contributed by atoms with Gasteiger partial charge in [0.2, 0.25) is 0 Å². The number of hydrogen-bond donors (Lipinski definition) is 4. The molecule has 0 radical (unpaired) electrons. The summed E-state index contributed by atoms with van der Waals surface area (Å²) in [6.07, 6.45) is -6.08. The number of aliphatic hydroxyl groups is 4. The van der Waals surface area contributed by atoms with Gasteiger partial charge in [0.15, 0.2) is 6.29 Å². The lowest BCUT2D eigenvalue weighted by Gasteiger charge is -2.42. The molecule has 3 rings (SSSR count). The number of hydrogen-bond acceptors (Lipinski definition) is 7. The molecular formula is C14H15NO7. The topological polar surface area (TPSA) is 128 Å². The summed E-state index contributed by atoms with van der Waals surface area (Å²) in [5, 5.41) is 39.0. The standard InChI is InChI=1S/C14H15NO7/c16-5-8-10(17)11(18)9(14(21)22-8)15-12(19)6-3-1-2-4-7(6)13(15)20/h1-4,8-11,14,16-18,21H,5H2/t8-,9+,10-,11-,14+/m1/s1. The molecular weight excluding hydrogens is 294 g/mol. The van der Waals surface area contributed by atoms with Gasteiger partial charge in [-0.05, 0) is 12.1 Å². The van der Waals surface area contributed by atoms with Crippen molar-refractivity contribution in [2.75, 3.05) is 6.61 Å². The molecule has 1 fully saturated rings. The van der Waals surface area contributed by atoms with Gasteiger partial charge < -0.3 is 25.2 Å². The number of amides is 2. The van der Waals surface area contributed by atoms with Crippen LogP contribution >= 0.6 is 0 Å². The first kappa shape index (κ1) is 15.1. The molecule has 0 bridgehead atoms. The van der Waals surface area contributed by atoms with E-state index in [2.05, 4.69) is 0 Å². The van der Waals surface area contributed by atoms with Gasteiger partial charge in [-0.15, -0.1) is 0 Å². The van der Waals surface area contributed by atoms with E-state index in [1.54, 1.807) is 12.1 Å². The van der Waals surface area contributed by atoms with Crippen LogP contribution in [0.15, 0.2) is 24.3 Å². The van der Waals surface area contributed by atoms with Gasteiger partial charge in [0.1, 0.15) is 24.4 Å². The van der Waals surface area contributed by atoms with Gasteiger partial charge in [0, 0.05) is 0 Å². The molecule has 2 aliphatic heterocycles. The van der Waals surface area contributed by atoms with E-state index < -0.39 is 49.1 Å². The van der Waals surface area contributed by atoms with E-state index in [4.69, 9.17) is 9.84 Å². The minimum absolute atomic E-state index is 0.158. The first-order chi connectivity index (χ1) is 10.5. The summed E-state index contributed by atoms with van der Waals surface area (Å²) in [7, 11) is 0. The van der Waals surface area contributed by atoms with Crippen LogP contribution in [0.1, 0.15) is 20.7 Å². The molecule has 8 heteroatoms. The van der Waals surface area contributed by atoms with E-state index in [1.165, 1.54) is 12.1 Å². The van der Waals surface area contributed by atoms with Crippen LogP contribution in [0.25, 0.3) is 0 Å². The third kappa shape index (κ3) is 2.04. The Morgan fingerprint density at radius 3 is 2.05 bits per heavy atom. The monoisotopic (exact) mass is 309 g/mol. The number of imide groups is 1. The molecule has 2 heterocycles. The molecule has 5 atom stereocenters. The zero-order valence-electron chi connectivity index (χ0n) is 11.4. The van der Waals surface area contributed by atoms with Crippen LogP contribution in [0.4, 0.5) is 0 Å². The molecule has 1 saturated heterocycles. The average molecular weight is 309 g/mol. The summed E-state index contributed by atoms with van der Waals surface area (Å²) < 4.78 is 4.99. The number of carbonyl (C=O) groups is 2. The summed E-state index contributed by atoms with van der Waals surface area (Å²) in [5.74, 6) is -1.36. The van der Waals surface area contributed by atoms with Crippen LogP contribution in [-0.4, -0.2) is 74.4 Å². The van der Waals surface area contributed by atoms with E-state index >= 15 is 0 Å². The number of nitrogens with zero attached hydrogens (tertiary/aromatic N) is 1. The van der Waals surface area contributed by atoms with Crippen LogP contribution in [-0.2, 0) is 4.74 Å².